The van der Waals surface area contributed by atoms with Crippen molar-refractivity contribution >= 4 is 23.8 Å². The number of thioether (sulfide) groups is 1. The molecule has 0 aliphatic carbocycles. The maximum absolute atomic E-state index is 12.3. The number of hydrogen-bond donors (Lipinski definition) is 2. The maximum Gasteiger partial charge on any atom is 0.317 e. The van der Waals surface area contributed by atoms with Crippen LogP contribution in [0.4, 0.5) is 4.79 Å². The van der Waals surface area contributed by atoms with E-state index in [0.29, 0.717) is 19.5 Å². The Morgan fingerprint density at radius 3 is 2.96 bits per heavy atom. The molecule has 126 valence electrons. The van der Waals surface area contributed by atoms with Crippen molar-refractivity contribution in [2.24, 2.45) is 11.8 Å². The van der Waals surface area contributed by atoms with Crippen molar-refractivity contribution in [3.63, 3.8) is 0 Å². The van der Waals surface area contributed by atoms with Gasteiger partial charge in [-0.1, -0.05) is 13.8 Å². The van der Waals surface area contributed by atoms with Crippen molar-refractivity contribution in [1.82, 2.24) is 15.2 Å². The summed E-state index contributed by atoms with van der Waals surface area (Å²) in [5.74, 6) is -0.155. The normalized spacial score (nSPS) is 21.0. The number of nitrogens with zero attached hydrogens (tertiary/aromatic N) is 2. The first-order chi connectivity index (χ1) is 11.0. The summed E-state index contributed by atoms with van der Waals surface area (Å²) in [7, 11) is 0. The zero-order valence-electron chi connectivity index (χ0n) is 13.5. The Bertz CT molecular complexity index is 567. The molecule has 1 aliphatic rings. The molecule has 1 fully saturated rings. The van der Waals surface area contributed by atoms with Gasteiger partial charge < -0.3 is 15.3 Å². The second-order valence-electron chi connectivity index (χ2n) is 5.88. The van der Waals surface area contributed by atoms with Crippen molar-refractivity contribution < 1.29 is 14.7 Å². The number of urea groups is 1. The molecule has 2 atom stereocenters. The van der Waals surface area contributed by atoms with Crippen molar-refractivity contribution in [3.8, 4) is 0 Å². The first-order valence-electron chi connectivity index (χ1n) is 7.83. The first kappa shape index (κ1) is 17.6. The van der Waals surface area contributed by atoms with Crippen LogP contribution in [0.25, 0.3) is 0 Å². The van der Waals surface area contributed by atoms with Gasteiger partial charge in [-0.15, -0.1) is 11.8 Å². The van der Waals surface area contributed by atoms with E-state index >= 15 is 0 Å². The van der Waals surface area contributed by atoms with Gasteiger partial charge in [0.05, 0.1) is 10.9 Å². The molecule has 2 unspecified atom stereocenters. The van der Waals surface area contributed by atoms with Gasteiger partial charge in [-0.25, -0.2) is 9.78 Å². The van der Waals surface area contributed by atoms with Gasteiger partial charge in [-0.3, -0.25) is 4.79 Å². The van der Waals surface area contributed by atoms with E-state index in [9.17, 15) is 14.7 Å². The standard InChI is InChI=1S/C16H23N3O3S/c1-3-23-14-7-12(4-5-17-14)8-18-16(22)19-9-11(2)6-13(10-19)15(20)21/h4-5,7,11,13H,3,6,8-10H2,1-2H3,(H,18,22)(H,20,21). The highest BCUT2D eigenvalue weighted by atomic mass is 32.2. The Labute approximate surface area is 140 Å². The molecule has 2 rings (SSSR count). The largest absolute Gasteiger partial charge is 0.481 e. The SMILES string of the molecule is CCSc1cc(CNC(=O)N2CC(C)CC(C(=O)O)C2)ccn1. The number of aromatic nitrogens is 1. The van der Waals surface area contributed by atoms with Crippen LogP contribution >= 0.6 is 11.8 Å². The minimum absolute atomic E-state index is 0.198. The average molecular weight is 337 g/mol. The summed E-state index contributed by atoms with van der Waals surface area (Å²) in [6, 6.07) is 3.64. The zero-order valence-corrected chi connectivity index (χ0v) is 14.3. The molecule has 0 saturated carbocycles. The van der Waals surface area contributed by atoms with Gasteiger partial charge in [-0.05, 0) is 35.8 Å². The van der Waals surface area contributed by atoms with Gasteiger partial charge in [0.15, 0.2) is 0 Å². The summed E-state index contributed by atoms with van der Waals surface area (Å²) in [6.45, 7) is 5.34. The molecule has 1 aromatic heterocycles. The van der Waals surface area contributed by atoms with E-state index in [1.807, 2.05) is 19.1 Å². The molecule has 0 radical (unpaired) electrons. The number of hydrogen-bond acceptors (Lipinski definition) is 4. The lowest BCUT2D eigenvalue weighted by molar-refractivity contribution is -0.143. The molecule has 6 nitrogen and oxygen atoms in total. The van der Waals surface area contributed by atoms with E-state index in [2.05, 4.69) is 17.2 Å². The molecule has 2 amide bonds. The van der Waals surface area contributed by atoms with Gasteiger partial charge in [0, 0.05) is 25.8 Å². The number of rotatable bonds is 5. The number of amides is 2. The van der Waals surface area contributed by atoms with Crippen molar-refractivity contribution in [2.45, 2.75) is 31.8 Å². The number of carboxylic acids is 1. The molecule has 0 bridgehead atoms. The van der Waals surface area contributed by atoms with Crippen LogP contribution < -0.4 is 5.32 Å². The third-order valence-corrected chi connectivity index (χ3v) is 4.64. The van der Waals surface area contributed by atoms with Crippen LogP contribution in [0, 0.1) is 11.8 Å². The molecule has 2 N–H and O–H groups in total. The molecule has 0 spiro atoms. The van der Waals surface area contributed by atoms with Crippen LogP contribution in [-0.4, -0.2) is 45.8 Å². The number of pyridine rings is 1. The first-order valence-corrected chi connectivity index (χ1v) is 8.81. The van der Waals surface area contributed by atoms with Crippen LogP contribution in [0.15, 0.2) is 23.4 Å². The van der Waals surface area contributed by atoms with Crippen molar-refractivity contribution in [2.75, 3.05) is 18.8 Å². The molecular formula is C16H23N3O3S. The third kappa shape index (κ3) is 5.13. The van der Waals surface area contributed by atoms with Gasteiger partial charge in [0.1, 0.15) is 0 Å². The highest BCUT2D eigenvalue weighted by molar-refractivity contribution is 7.99. The summed E-state index contributed by atoms with van der Waals surface area (Å²) in [5, 5.41) is 13.0. The Hall–Kier alpha value is -1.76. The fourth-order valence-corrected chi connectivity index (χ4v) is 3.44. The second kappa shape index (κ2) is 8.19. The number of nitrogens with one attached hydrogen (secondary N) is 1. The average Bonchev–Trinajstić information content (AvgIpc) is 2.52. The smallest absolute Gasteiger partial charge is 0.317 e. The van der Waals surface area contributed by atoms with E-state index in [1.165, 1.54) is 0 Å². The fraction of sp³-hybridized carbons (Fsp3) is 0.562. The minimum atomic E-state index is -0.829. The van der Waals surface area contributed by atoms with Crippen LogP contribution in [0.3, 0.4) is 0 Å². The number of carboxylic acid groups (broad SMARTS) is 1. The maximum atomic E-state index is 12.3. The van der Waals surface area contributed by atoms with Crippen LogP contribution in [0.5, 0.6) is 0 Å². The molecule has 7 heteroatoms. The molecular weight excluding hydrogens is 314 g/mol. The van der Waals surface area contributed by atoms with Crippen LogP contribution in [0.1, 0.15) is 25.8 Å². The number of carbonyl (C=O) groups excluding carboxylic acids is 1. The van der Waals surface area contributed by atoms with Gasteiger partial charge >= 0.3 is 12.0 Å². The Balaban J connectivity index is 1.91. The topological polar surface area (TPSA) is 82.5 Å². The number of carbonyl (C=O) groups is 2. The van der Waals surface area contributed by atoms with E-state index in [0.717, 1.165) is 16.3 Å². The Morgan fingerprint density at radius 1 is 1.48 bits per heavy atom. The van der Waals surface area contributed by atoms with E-state index in [1.54, 1.807) is 22.9 Å². The highest BCUT2D eigenvalue weighted by Crippen LogP contribution is 2.22. The predicted molar refractivity (Wildman–Crippen MR) is 89.4 cm³/mol. The summed E-state index contributed by atoms with van der Waals surface area (Å²) < 4.78 is 0. The number of aliphatic carboxylic acids is 1. The van der Waals surface area contributed by atoms with Crippen LogP contribution in [-0.2, 0) is 11.3 Å². The van der Waals surface area contributed by atoms with Crippen molar-refractivity contribution in [1.29, 1.82) is 0 Å². The van der Waals surface area contributed by atoms with Gasteiger partial charge in [0.25, 0.3) is 0 Å². The quantitative estimate of drug-likeness (QED) is 0.807. The van der Waals surface area contributed by atoms with Crippen LogP contribution in [0.2, 0.25) is 0 Å². The number of likely N-dealkylation sites (tertiary alicyclic amines) is 1. The highest BCUT2D eigenvalue weighted by Gasteiger charge is 2.31. The van der Waals surface area contributed by atoms with Gasteiger partial charge in [0.2, 0.25) is 0 Å². The zero-order chi connectivity index (χ0) is 16.8. The second-order valence-corrected chi connectivity index (χ2v) is 7.16. The lowest BCUT2D eigenvalue weighted by Crippen LogP contribution is -2.49. The molecule has 1 saturated heterocycles. The van der Waals surface area contributed by atoms with E-state index < -0.39 is 11.9 Å². The van der Waals surface area contributed by atoms with E-state index in [-0.39, 0.29) is 18.5 Å². The monoisotopic (exact) mass is 337 g/mol. The lowest BCUT2D eigenvalue weighted by atomic mass is 9.91. The predicted octanol–water partition coefficient (Wildman–Crippen LogP) is 2.45. The minimum Gasteiger partial charge on any atom is -0.481 e. The molecule has 0 aromatic carbocycles. The van der Waals surface area contributed by atoms with Gasteiger partial charge in [-0.2, -0.15) is 0 Å². The fourth-order valence-electron chi connectivity index (χ4n) is 2.77. The molecule has 1 aliphatic heterocycles. The molecule has 2 heterocycles. The molecule has 1 aromatic rings. The summed E-state index contributed by atoms with van der Waals surface area (Å²) >= 11 is 1.66. The van der Waals surface area contributed by atoms with Crippen molar-refractivity contribution in [3.05, 3.63) is 23.9 Å². The summed E-state index contributed by atoms with van der Waals surface area (Å²) in [6.07, 6.45) is 2.37. The Kier molecular flexibility index (Phi) is 6.27. The third-order valence-electron chi connectivity index (χ3n) is 3.83. The lowest BCUT2D eigenvalue weighted by Gasteiger charge is -2.34. The van der Waals surface area contributed by atoms with E-state index in [4.69, 9.17) is 0 Å². The molecule has 23 heavy (non-hydrogen) atoms. The number of piperidine rings is 1. The Morgan fingerprint density at radius 2 is 2.26 bits per heavy atom. The summed E-state index contributed by atoms with van der Waals surface area (Å²) in [5.41, 5.74) is 0.990. The summed E-state index contributed by atoms with van der Waals surface area (Å²) in [4.78, 5) is 29.3.